The molecule has 1 aromatic heterocycles. The van der Waals surface area contributed by atoms with Crippen LogP contribution in [0.2, 0.25) is 0 Å². The second-order valence-corrected chi connectivity index (χ2v) is 7.35. The van der Waals surface area contributed by atoms with Crippen molar-refractivity contribution in [3.05, 3.63) is 52.8 Å². The van der Waals surface area contributed by atoms with Crippen molar-refractivity contribution in [1.29, 1.82) is 0 Å². The van der Waals surface area contributed by atoms with E-state index in [1.807, 2.05) is 18.7 Å². The van der Waals surface area contributed by atoms with Gasteiger partial charge in [0.2, 0.25) is 0 Å². The van der Waals surface area contributed by atoms with Crippen LogP contribution in [0.4, 0.5) is 13.2 Å². The topological polar surface area (TPSA) is 21.1 Å². The molecule has 0 N–H and O–H groups in total. The van der Waals surface area contributed by atoms with E-state index in [0.717, 1.165) is 44.6 Å². The van der Waals surface area contributed by atoms with Crippen LogP contribution in [0.5, 0.6) is 0 Å². The Morgan fingerprint density at radius 3 is 2.65 bits per heavy atom. The molecule has 0 amide bonds. The molecular weight excluding hydrogens is 339 g/mol. The van der Waals surface area contributed by atoms with Crippen molar-refractivity contribution in [2.75, 3.05) is 13.1 Å². The lowest BCUT2D eigenvalue weighted by Gasteiger charge is -2.32. The minimum Gasteiger partial charge on any atom is -0.299 e. The molecule has 0 unspecified atom stereocenters. The first-order chi connectivity index (χ1) is 12.3. The molecule has 0 spiro atoms. The van der Waals surface area contributed by atoms with E-state index in [-0.39, 0.29) is 0 Å². The van der Waals surface area contributed by atoms with Crippen molar-refractivity contribution in [2.45, 2.75) is 45.3 Å². The molecule has 3 rings (SSSR count). The molecule has 0 bridgehead atoms. The fourth-order valence-electron chi connectivity index (χ4n) is 3.95. The van der Waals surface area contributed by atoms with Gasteiger partial charge in [0.05, 0.1) is 11.3 Å². The van der Waals surface area contributed by atoms with Crippen LogP contribution in [0.15, 0.2) is 30.5 Å². The number of aryl methyl sites for hydroxylation is 3. The van der Waals surface area contributed by atoms with Crippen LogP contribution < -0.4 is 0 Å². The van der Waals surface area contributed by atoms with E-state index in [1.165, 1.54) is 17.7 Å². The second-order valence-electron chi connectivity index (χ2n) is 7.35. The van der Waals surface area contributed by atoms with Crippen molar-refractivity contribution in [3.8, 4) is 0 Å². The highest BCUT2D eigenvalue weighted by atomic mass is 19.4. The van der Waals surface area contributed by atoms with Gasteiger partial charge in [-0.05, 0) is 56.7 Å². The number of alkyl halides is 3. The third-order valence-corrected chi connectivity index (χ3v) is 5.26. The lowest BCUT2D eigenvalue weighted by Crippen LogP contribution is -2.35. The van der Waals surface area contributed by atoms with Crippen LogP contribution >= 0.6 is 0 Å². The zero-order valence-electron chi connectivity index (χ0n) is 15.4. The first kappa shape index (κ1) is 19.0. The first-order valence-corrected chi connectivity index (χ1v) is 9.19. The molecule has 0 aliphatic carbocycles. The summed E-state index contributed by atoms with van der Waals surface area (Å²) in [6.07, 6.45) is 1.27. The van der Waals surface area contributed by atoms with E-state index in [0.29, 0.717) is 17.9 Å². The Balaban J connectivity index is 1.59. The summed E-state index contributed by atoms with van der Waals surface area (Å²) < 4.78 is 41.3. The van der Waals surface area contributed by atoms with Crippen molar-refractivity contribution in [2.24, 2.45) is 13.0 Å². The summed E-state index contributed by atoms with van der Waals surface area (Å²) in [7, 11) is 1.92. The fourth-order valence-corrected chi connectivity index (χ4v) is 3.95. The number of nitrogens with zero attached hydrogens (tertiary/aromatic N) is 3. The Hall–Kier alpha value is -1.82. The van der Waals surface area contributed by atoms with Gasteiger partial charge in [0.15, 0.2) is 0 Å². The third kappa shape index (κ3) is 4.67. The third-order valence-electron chi connectivity index (χ3n) is 5.26. The fraction of sp³-hybridized carbons (Fsp3) is 0.550. The van der Waals surface area contributed by atoms with E-state index in [4.69, 9.17) is 0 Å². The van der Waals surface area contributed by atoms with Crippen molar-refractivity contribution >= 4 is 0 Å². The monoisotopic (exact) mass is 365 g/mol. The molecule has 26 heavy (non-hydrogen) atoms. The molecule has 3 nitrogen and oxygen atoms in total. The molecule has 142 valence electrons. The molecule has 0 radical (unpaired) electrons. The summed E-state index contributed by atoms with van der Waals surface area (Å²) in [5.41, 5.74) is 2.21. The summed E-state index contributed by atoms with van der Waals surface area (Å²) in [6.45, 7) is 4.88. The highest BCUT2D eigenvalue weighted by Gasteiger charge is 2.33. The number of benzene rings is 1. The van der Waals surface area contributed by atoms with E-state index in [2.05, 4.69) is 16.2 Å². The number of likely N-dealkylation sites (tertiary alicyclic amines) is 1. The first-order valence-electron chi connectivity index (χ1n) is 9.19. The highest BCUT2D eigenvalue weighted by Crippen LogP contribution is 2.33. The molecule has 1 atom stereocenters. The SMILES string of the molecule is Cc1nn(C)cc1CN1CCC[C@@H](CCc2ccccc2C(F)(F)F)C1. The van der Waals surface area contributed by atoms with Crippen molar-refractivity contribution < 1.29 is 13.2 Å². The number of rotatable bonds is 5. The van der Waals surface area contributed by atoms with Crippen LogP contribution in [0.3, 0.4) is 0 Å². The molecule has 1 fully saturated rings. The van der Waals surface area contributed by atoms with E-state index in [9.17, 15) is 13.2 Å². The molecular formula is C20H26F3N3. The minimum atomic E-state index is -4.27. The average molecular weight is 365 g/mol. The Morgan fingerprint density at radius 2 is 1.96 bits per heavy atom. The standard InChI is InChI=1S/C20H26F3N3/c1-15-18(13-25(2)24-15)14-26-11-5-6-16(12-26)9-10-17-7-3-4-8-19(17)20(21,22)23/h3-4,7-8,13,16H,5-6,9-12,14H2,1-2H3/t16-/m0/s1. The lowest BCUT2D eigenvalue weighted by molar-refractivity contribution is -0.138. The van der Waals surface area contributed by atoms with Gasteiger partial charge in [0, 0.05) is 31.9 Å². The highest BCUT2D eigenvalue weighted by molar-refractivity contribution is 5.29. The maximum absolute atomic E-state index is 13.1. The molecule has 1 aliphatic heterocycles. The largest absolute Gasteiger partial charge is 0.416 e. The van der Waals surface area contributed by atoms with Crippen LogP contribution in [0.25, 0.3) is 0 Å². The van der Waals surface area contributed by atoms with Gasteiger partial charge < -0.3 is 0 Å². The number of aromatic nitrogens is 2. The van der Waals surface area contributed by atoms with Gasteiger partial charge in [-0.25, -0.2) is 0 Å². The molecule has 0 saturated carbocycles. The average Bonchev–Trinajstić information content (AvgIpc) is 2.90. The van der Waals surface area contributed by atoms with Gasteiger partial charge in [0.1, 0.15) is 0 Å². The van der Waals surface area contributed by atoms with Gasteiger partial charge in [0.25, 0.3) is 0 Å². The minimum absolute atomic E-state index is 0.417. The van der Waals surface area contributed by atoms with Gasteiger partial charge in [-0.2, -0.15) is 18.3 Å². The number of hydrogen-bond donors (Lipinski definition) is 0. The number of piperidine rings is 1. The maximum Gasteiger partial charge on any atom is 0.416 e. The summed E-state index contributed by atoms with van der Waals surface area (Å²) >= 11 is 0. The molecule has 2 aromatic rings. The maximum atomic E-state index is 13.1. The Bertz CT molecular complexity index is 736. The Labute approximate surface area is 152 Å². The summed E-state index contributed by atoms with van der Waals surface area (Å²) in [5.74, 6) is 0.446. The van der Waals surface area contributed by atoms with Gasteiger partial charge in [-0.15, -0.1) is 0 Å². The predicted octanol–water partition coefficient (Wildman–Crippen LogP) is 4.59. The van der Waals surface area contributed by atoms with Crippen molar-refractivity contribution in [3.63, 3.8) is 0 Å². The van der Waals surface area contributed by atoms with Crippen LogP contribution in [0, 0.1) is 12.8 Å². The molecule has 1 aromatic carbocycles. The molecule has 2 heterocycles. The summed E-state index contributed by atoms with van der Waals surface area (Å²) in [4.78, 5) is 2.41. The molecule has 6 heteroatoms. The lowest BCUT2D eigenvalue weighted by atomic mass is 9.90. The zero-order chi connectivity index (χ0) is 18.7. The van der Waals surface area contributed by atoms with E-state index < -0.39 is 11.7 Å². The molecule has 1 aliphatic rings. The van der Waals surface area contributed by atoms with Crippen LogP contribution in [-0.4, -0.2) is 27.8 Å². The zero-order valence-corrected chi connectivity index (χ0v) is 15.4. The van der Waals surface area contributed by atoms with E-state index in [1.54, 1.807) is 12.1 Å². The quantitative estimate of drug-likeness (QED) is 0.773. The number of halogens is 3. The van der Waals surface area contributed by atoms with Gasteiger partial charge in [-0.3, -0.25) is 9.58 Å². The van der Waals surface area contributed by atoms with Crippen molar-refractivity contribution in [1.82, 2.24) is 14.7 Å². The predicted molar refractivity (Wildman–Crippen MR) is 95.7 cm³/mol. The van der Waals surface area contributed by atoms with Gasteiger partial charge >= 0.3 is 6.18 Å². The second kappa shape index (κ2) is 7.82. The smallest absolute Gasteiger partial charge is 0.299 e. The molecule has 1 saturated heterocycles. The van der Waals surface area contributed by atoms with Crippen LogP contribution in [-0.2, 0) is 26.2 Å². The Morgan fingerprint density at radius 1 is 1.19 bits per heavy atom. The van der Waals surface area contributed by atoms with Gasteiger partial charge in [-0.1, -0.05) is 18.2 Å². The number of hydrogen-bond acceptors (Lipinski definition) is 2. The normalized spacial score (nSPS) is 19.0. The summed E-state index contributed by atoms with van der Waals surface area (Å²) in [5, 5.41) is 4.39. The summed E-state index contributed by atoms with van der Waals surface area (Å²) in [6, 6.07) is 5.96. The Kier molecular flexibility index (Phi) is 5.70. The van der Waals surface area contributed by atoms with E-state index >= 15 is 0 Å². The van der Waals surface area contributed by atoms with Crippen LogP contribution in [0.1, 0.15) is 41.6 Å².